The van der Waals surface area contributed by atoms with Gasteiger partial charge < -0.3 is 45.4 Å². The van der Waals surface area contributed by atoms with E-state index in [1.807, 2.05) is 48.5 Å². The first-order chi connectivity index (χ1) is 23.1. The van der Waals surface area contributed by atoms with Crippen molar-refractivity contribution in [3.05, 3.63) is 60.7 Å². The van der Waals surface area contributed by atoms with Gasteiger partial charge in [0.15, 0.2) is 0 Å². The molecule has 0 amide bonds. The second kappa shape index (κ2) is 19.6. The van der Waals surface area contributed by atoms with E-state index >= 15 is 0 Å². The fraction of sp³-hybridized carbons (Fsp3) is 0.333. The van der Waals surface area contributed by atoms with Gasteiger partial charge >= 0.3 is 24.3 Å². The second-order valence-electron chi connectivity index (χ2n) is 9.27. The molecular weight excluding hydrogens is 674 g/mol. The number of carboxylic acids is 2. The number of rotatable bonds is 14. The molecule has 0 radical (unpaired) electrons. The van der Waals surface area contributed by atoms with Gasteiger partial charge in [0.1, 0.15) is 47.4 Å². The molecule has 0 saturated heterocycles. The van der Waals surface area contributed by atoms with Gasteiger partial charge in [0, 0.05) is 10.8 Å². The fourth-order valence-electron chi connectivity index (χ4n) is 3.47. The molecule has 0 aliphatic heterocycles. The van der Waals surface area contributed by atoms with Crippen molar-refractivity contribution in [2.45, 2.75) is 12.4 Å². The topological polar surface area (TPSA) is 199 Å². The number of nitrogens with two attached hydrogens (primary N) is 2. The molecule has 2 aromatic carbocycles. The minimum Gasteiger partial charge on any atom is -0.489 e. The van der Waals surface area contributed by atoms with Crippen molar-refractivity contribution in [3.8, 4) is 11.5 Å². The molecule has 49 heavy (non-hydrogen) atoms. The molecule has 6 N–H and O–H groups in total. The monoisotopic (exact) mass is 706 g/mol. The number of carbonyl (C=O) groups is 2. The van der Waals surface area contributed by atoms with Crippen LogP contribution in [0, 0.1) is 0 Å². The number of para-hydroxylation sites is 2. The normalized spacial score (nSPS) is 11.2. The standard InChI is InChI=1S/C26H30N4O5.2C2HF3O2/c27-23-9-7-19-3-1-5-21(25(19)29-23)34-17-15-32-13-11-31-12-14-33-16-18-35-22-6-2-4-20-8-10-24(28)30-26(20)22;2*3-2(4,5)1(6)7/h1-10H,11-18H2,(H2,27,29)(H2,28,30);2*(H,6,7). The molecule has 4 rings (SSSR count). The van der Waals surface area contributed by atoms with Gasteiger partial charge in [0.05, 0.1) is 39.6 Å². The molecule has 0 aliphatic rings. The van der Waals surface area contributed by atoms with E-state index in [1.54, 1.807) is 12.1 Å². The Hall–Kier alpha value is -5.14. The van der Waals surface area contributed by atoms with Gasteiger partial charge in [-0.25, -0.2) is 19.6 Å². The summed E-state index contributed by atoms with van der Waals surface area (Å²) in [6.07, 6.45) is -10.2. The number of halogens is 6. The third kappa shape index (κ3) is 15.1. The number of hydrogen-bond donors (Lipinski definition) is 4. The first-order valence-electron chi connectivity index (χ1n) is 14.0. The zero-order valence-corrected chi connectivity index (χ0v) is 25.5. The summed E-state index contributed by atoms with van der Waals surface area (Å²) in [5.41, 5.74) is 13.1. The number of hydrogen-bond acceptors (Lipinski definition) is 11. The third-order valence-electron chi connectivity index (χ3n) is 5.61. The average Bonchev–Trinajstić information content (AvgIpc) is 3.03. The number of nitrogen functional groups attached to an aromatic ring is 2. The lowest BCUT2D eigenvalue weighted by Crippen LogP contribution is -2.21. The summed E-state index contributed by atoms with van der Waals surface area (Å²) in [6, 6.07) is 18.9. The maximum absolute atomic E-state index is 10.6. The van der Waals surface area contributed by atoms with Gasteiger partial charge in [-0.1, -0.05) is 24.3 Å². The van der Waals surface area contributed by atoms with Crippen LogP contribution < -0.4 is 20.9 Å². The van der Waals surface area contributed by atoms with Crippen molar-refractivity contribution in [1.29, 1.82) is 0 Å². The summed E-state index contributed by atoms with van der Waals surface area (Å²) < 4.78 is 91.7. The minimum atomic E-state index is -5.08. The third-order valence-corrected chi connectivity index (χ3v) is 5.61. The number of carboxylic acid groups (broad SMARTS) is 2. The number of ether oxygens (including phenoxy) is 5. The van der Waals surface area contributed by atoms with Crippen molar-refractivity contribution in [1.82, 2.24) is 9.97 Å². The van der Waals surface area contributed by atoms with Crippen LogP contribution in [0.5, 0.6) is 11.5 Å². The molecule has 2 aromatic heterocycles. The highest BCUT2D eigenvalue weighted by atomic mass is 19.4. The highest BCUT2D eigenvalue weighted by Crippen LogP contribution is 2.25. The van der Waals surface area contributed by atoms with E-state index in [9.17, 15) is 26.3 Å². The van der Waals surface area contributed by atoms with Crippen LogP contribution >= 0.6 is 0 Å². The Labute approximate surface area is 274 Å². The molecule has 2 heterocycles. The highest BCUT2D eigenvalue weighted by Gasteiger charge is 2.38. The van der Waals surface area contributed by atoms with Crippen LogP contribution in [0.15, 0.2) is 60.7 Å². The van der Waals surface area contributed by atoms with Crippen molar-refractivity contribution in [2.24, 2.45) is 0 Å². The van der Waals surface area contributed by atoms with Crippen molar-refractivity contribution in [2.75, 3.05) is 64.3 Å². The van der Waals surface area contributed by atoms with Gasteiger partial charge in [0.25, 0.3) is 0 Å². The van der Waals surface area contributed by atoms with Crippen molar-refractivity contribution >= 4 is 45.4 Å². The summed E-state index contributed by atoms with van der Waals surface area (Å²) in [4.78, 5) is 26.5. The molecular formula is C30H32F6N4O9. The molecule has 0 atom stereocenters. The zero-order valence-electron chi connectivity index (χ0n) is 25.5. The molecule has 0 bridgehead atoms. The van der Waals surface area contributed by atoms with Crippen LogP contribution in [0.3, 0.4) is 0 Å². The zero-order chi connectivity index (χ0) is 36.5. The van der Waals surface area contributed by atoms with Crippen LogP contribution in [0.1, 0.15) is 0 Å². The van der Waals surface area contributed by atoms with E-state index in [2.05, 4.69) is 9.97 Å². The van der Waals surface area contributed by atoms with E-state index in [4.69, 9.17) is 55.0 Å². The molecule has 268 valence electrons. The van der Waals surface area contributed by atoms with Crippen LogP contribution in [0.4, 0.5) is 38.0 Å². The summed E-state index contributed by atoms with van der Waals surface area (Å²) >= 11 is 0. The number of anilines is 2. The van der Waals surface area contributed by atoms with Crippen LogP contribution in [0.25, 0.3) is 21.8 Å². The molecule has 0 aliphatic carbocycles. The summed E-state index contributed by atoms with van der Waals surface area (Å²) in [7, 11) is 0. The number of fused-ring (bicyclic) bond motifs is 2. The van der Waals surface area contributed by atoms with Crippen LogP contribution in [-0.4, -0.2) is 97.3 Å². The number of aromatic nitrogens is 2. The Balaban J connectivity index is 0.000000500. The van der Waals surface area contributed by atoms with E-state index in [0.717, 1.165) is 21.8 Å². The number of nitrogens with zero attached hydrogens (tertiary/aromatic N) is 2. The smallest absolute Gasteiger partial charge is 0.489 e. The SMILES string of the molecule is Nc1ccc2cccc(OCCOCCOCCOCCOc3cccc4ccc(N)nc34)c2n1.O=C(O)C(F)(F)F.O=C(O)C(F)(F)F. The predicted molar refractivity (Wildman–Crippen MR) is 163 cm³/mol. The Bertz CT molecular complexity index is 1520. The Morgan fingerprint density at radius 2 is 0.857 bits per heavy atom. The van der Waals surface area contributed by atoms with Gasteiger partial charge in [-0.15, -0.1) is 0 Å². The maximum Gasteiger partial charge on any atom is 0.490 e. The lowest BCUT2D eigenvalue weighted by atomic mass is 10.2. The number of alkyl halides is 6. The molecule has 0 fully saturated rings. The van der Waals surface area contributed by atoms with E-state index in [1.165, 1.54) is 0 Å². The highest BCUT2D eigenvalue weighted by molar-refractivity contribution is 5.86. The molecule has 0 spiro atoms. The minimum absolute atomic E-state index is 0.414. The van der Waals surface area contributed by atoms with Crippen molar-refractivity contribution in [3.63, 3.8) is 0 Å². The molecule has 13 nitrogen and oxygen atoms in total. The summed E-state index contributed by atoms with van der Waals surface area (Å²) in [5.74, 6) is -3.20. The summed E-state index contributed by atoms with van der Waals surface area (Å²) in [5, 5.41) is 16.2. The second-order valence-corrected chi connectivity index (χ2v) is 9.27. The largest absolute Gasteiger partial charge is 0.490 e. The Morgan fingerprint density at radius 1 is 0.551 bits per heavy atom. The number of aliphatic carboxylic acids is 2. The van der Waals surface area contributed by atoms with Gasteiger partial charge in [-0.3, -0.25) is 0 Å². The van der Waals surface area contributed by atoms with Crippen molar-refractivity contribution < 1.29 is 69.8 Å². The molecule has 4 aromatic rings. The quantitative estimate of drug-likeness (QED) is 0.104. The van der Waals surface area contributed by atoms with Gasteiger partial charge in [-0.2, -0.15) is 26.3 Å². The summed E-state index contributed by atoms with van der Waals surface area (Å²) in [6.45, 7) is 3.64. The predicted octanol–water partition coefficient (Wildman–Crippen LogP) is 4.72. The van der Waals surface area contributed by atoms with Crippen LogP contribution in [-0.2, 0) is 23.8 Å². The fourth-order valence-corrected chi connectivity index (χ4v) is 3.47. The average molecular weight is 707 g/mol. The van der Waals surface area contributed by atoms with Gasteiger partial charge in [-0.05, 0) is 36.4 Å². The van der Waals surface area contributed by atoms with E-state index in [0.29, 0.717) is 76.0 Å². The number of pyridine rings is 2. The number of benzene rings is 2. The molecule has 0 unspecified atom stereocenters. The Morgan fingerprint density at radius 3 is 1.16 bits per heavy atom. The van der Waals surface area contributed by atoms with E-state index in [-0.39, 0.29) is 0 Å². The van der Waals surface area contributed by atoms with Gasteiger partial charge in [0.2, 0.25) is 0 Å². The first-order valence-corrected chi connectivity index (χ1v) is 14.0. The molecule has 19 heteroatoms. The lowest BCUT2D eigenvalue weighted by molar-refractivity contribution is -0.193. The Kier molecular flexibility index (Phi) is 16.0. The van der Waals surface area contributed by atoms with Crippen LogP contribution in [0.2, 0.25) is 0 Å². The lowest BCUT2D eigenvalue weighted by Gasteiger charge is -2.10. The maximum atomic E-state index is 10.6. The van der Waals surface area contributed by atoms with E-state index < -0.39 is 24.3 Å². The molecule has 0 saturated carbocycles. The first kappa shape index (κ1) is 40.0.